The van der Waals surface area contributed by atoms with E-state index in [4.69, 9.17) is 0 Å². The molecular weight excluding hydrogens is 495 g/mol. The van der Waals surface area contributed by atoms with Crippen LogP contribution >= 0.6 is 22.6 Å². The summed E-state index contributed by atoms with van der Waals surface area (Å²) in [6.07, 6.45) is 8.83. The van der Waals surface area contributed by atoms with Gasteiger partial charge in [-0.15, -0.1) is 0 Å². The van der Waals surface area contributed by atoms with Gasteiger partial charge in [-0.2, -0.15) is 0 Å². The first-order valence-corrected chi connectivity index (χ1v) is 13.1. The van der Waals surface area contributed by atoms with Crippen LogP contribution in [0.25, 0.3) is 0 Å². The Hall–Kier alpha value is -1.12. The van der Waals surface area contributed by atoms with Crippen LogP contribution in [0.2, 0.25) is 0 Å². The number of fused-ring (bicyclic) bond motifs is 2. The lowest BCUT2D eigenvalue weighted by Gasteiger charge is -2.22. The summed E-state index contributed by atoms with van der Waals surface area (Å²) in [6, 6.07) is 13.4. The molecule has 6 heteroatoms. The van der Waals surface area contributed by atoms with Gasteiger partial charge < -0.3 is 5.32 Å². The molecule has 0 spiro atoms. The van der Waals surface area contributed by atoms with Crippen molar-refractivity contribution in [1.29, 1.82) is 0 Å². The Balaban J connectivity index is 1.82. The van der Waals surface area contributed by atoms with E-state index in [1.165, 1.54) is 42.8 Å². The lowest BCUT2D eigenvalue weighted by molar-refractivity contribution is 0.535. The number of anilines is 1. The number of unbranched alkanes of at least 4 members (excludes halogenated alkanes) is 6. The van der Waals surface area contributed by atoms with Gasteiger partial charge in [0.25, 0.3) is 10.0 Å². The fourth-order valence-electron chi connectivity index (χ4n) is 3.98. The molecule has 4 nitrogen and oxygen atoms in total. The molecule has 0 amide bonds. The van der Waals surface area contributed by atoms with Crippen LogP contribution in [0.3, 0.4) is 0 Å². The Kier molecular flexibility index (Phi) is 7.99. The average molecular weight is 526 g/mol. The molecule has 1 atom stereocenters. The quantitative estimate of drug-likeness (QED) is 0.329. The Morgan fingerprint density at radius 3 is 2.41 bits per heavy atom. The molecule has 2 aromatic carbocycles. The Labute approximate surface area is 189 Å². The summed E-state index contributed by atoms with van der Waals surface area (Å²) in [5, 5.41) is 3.66. The third-order valence-corrected chi connectivity index (χ3v) is 8.14. The van der Waals surface area contributed by atoms with Gasteiger partial charge in [0.15, 0.2) is 0 Å². The number of benzene rings is 2. The van der Waals surface area contributed by atoms with Gasteiger partial charge in [-0.25, -0.2) is 8.42 Å². The van der Waals surface area contributed by atoms with Crippen LogP contribution in [-0.2, 0) is 10.0 Å². The van der Waals surface area contributed by atoms with E-state index < -0.39 is 10.0 Å². The van der Waals surface area contributed by atoms with E-state index in [2.05, 4.69) is 34.8 Å². The number of hydrogen-bond acceptors (Lipinski definition) is 3. The second-order valence-electron chi connectivity index (χ2n) is 7.72. The van der Waals surface area contributed by atoms with Crippen molar-refractivity contribution in [3.8, 4) is 0 Å². The molecule has 0 radical (unpaired) electrons. The predicted molar refractivity (Wildman–Crippen MR) is 129 cm³/mol. The molecule has 1 heterocycles. The van der Waals surface area contributed by atoms with Crippen molar-refractivity contribution in [2.45, 2.75) is 62.8 Å². The van der Waals surface area contributed by atoms with E-state index in [1.807, 2.05) is 36.4 Å². The van der Waals surface area contributed by atoms with E-state index in [0.717, 1.165) is 33.4 Å². The highest BCUT2D eigenvalue weighted by atomic mass is 127. The predicted octanol–water partition coefficient (Wildman–Crippen LogP) is 5.86. The Morgan fingerprint density at radius 2 is 1.66 bits per heavy atom. The molecule has 3 rings (SSSR count). The zero-order chi connectivity index (χ0) is 20.9. The maximum absolute atomic E-state index is 13.3. The van der Waals surface area contributed by atoms with Crippen LogP contribution < -0.4 is 9.62 Å². The number of para-hydroxylation sites is 1. The van der Waals surface area contributed by atoms with Crippen molar-refractivity contribution in [3.63, 3.8) is 0 Å². The fraction of sp³-hybridized carbons (Fsp3) is 0.478. The van der Waals surface area contributed by atoms with Gasteiger partial charge in [-0.3, -0.25) is 4.31 Å². The molecule has 2 aromatic rings. The van der Waals surface area contributed by atoms with Gasteiger partial charge in [-0.05, 0) is 64.9 Å². The minimum absolute atomic E-state index is 0.127. The van der Waals surface area contributed by atoms with E-state index in [1.54, 1.807) is 13.1 Å². The Morgan fingerprint density at radius 1 is 0.966 bits per heavy atom. The van der Waals surface area contributed by atoms with Gasteiger partial charge in [0.05, 0.1) is 16.6 Å². The lowest BCUT2D eigenvalue weighted by atomic mass is 9.96. The summed E-state index contributed by atoms with van der Waals surface area (Å²) < 4.78 is 28.9. The zero-order valence-electron chi connectivity index (χ0n) is 17.3. The first-order valence-electron chi connectivity index (χ1n) is 10.6. The number of sulfonamides is 1. The van der Waals surface area contributed by atoms with Gasteiger partial charge in [0.2, 0.25) is 0 Å². The normalized spacial score (nSPS) is 17.5. The molecule has 0 fully saturated rings. The minimum Gasteiger partial charge on any atom is -0.306 e. The molecule has 0 bridgehead atoms. The van der Waals surface area contributed by atoms with Gasteiger partial charge >= 0.3 is 0 Å². The average Bonchev–Trinajstić information content (AvgIpc) is 2.78. The van der Waals surface area contributed by atoms with Crippen LogP contribution in [0.4, 0.5) is 5.69 Å². The summed E-state index contributed by atoms with van der Waals surface area (Å²) in [5.74, 6) is 0. The van der Waals surface area contributed by atoms with Crippen molar-refractivity contribution in [2.75, 3.05) is 17.9 Å². The van der Waals surface area contributed by atoms with Crippen molar-refractivity contribution in [2.24, 2.45) is 0 Å². The minimum atomic E-state index is -3.59. The molecule has 1 aliphatic rings. The zero-order valence-corrected chi connectivity index (χ0v) is 20.3. The molecule has 0 aromatic heterocycles. The van der Waals surface area contributed by atoms with Gasteiger partial charge in [-0.1, -0.05) is 69.7 Å². The summed E-state index contributed by atoms with van der Waals surface area (Å²) in [6.45, 7) is 3.12. The molecule has 0 saturated heterocycles. The number of hydrogen-bond donors (Lipinski definition) is 1. The third kappa shape index (κ3) is 5.14. The van der Waals surface area contributed by atoms with Crippen molar-refractivity contribution < 1.29 is 8.42 Å². The smallest absolute Gasteiger partial charge is 0.264 e. The van der Waals surface area contributed by atoms with E-state index in [-0.39, 0.29) is 6.04 Å². The standard InChI is InChI=1S/C23H31IN2O2S/c1-3-4-5-6-7-8-11-16-25-23-19-12-9-10-13-21(19)26(2)29(27,28)22-17-18(24)14-15-20(22)23/h9-10,12-15,17,23,25H,3-8,11,16H2,1-2H3. The number of nitrogens with one attached hydrogen (secondary N) is 1. The first kappa shape index (κ1) is 22.6. The van der Waals surface area contributed by atoms with E-state index in [0.29, 0.717) is 4.90 Å². The second-order valence-corrected chi connectivity index (χ2v) is 10.9. The maximum Gasteiger partial charge on any atom is 0.264 e. The first-order chi connectivity index (χ1) is 14.0. The summed E-state index contributed by atoms with van der Waals surface area (Å²) in [5.41, 5.74) is 2.60. The molecule has 29 heavy (non-hydrogen) atoms. The van der Waals surface area contributed by atoms with Crippen LogP contribution in [-0.4, -0.2) is 22.0 Å². The van der Waals surface area contributed by atoms with Crippen LogP contribution in [0, 0.1) is 3.57 Å². The van der Waals surface area contributed by atoms with Crippen molar-refractivity contribution in [3.05, 3.63) is 57.2 Å². The summed E-state index contributed by atoms with van der Waals surface area (Å²) >= 11 is 2.18. The molecular formula is C23H31IN2O2S. The topological polar surface area (TPSA) is 49.4 Å². The SMILES string of the molecule is CCCCCCCCCNC1c2ccccc2N(C)S(=O)(=O)c2cc(I)ccc21. The third-order valence-electron chi connectivity index (χ3n) is 5.64. The van der Waals surface area contributed by atoms with Crippen LogP contribution in [0.5, 0.6) is 0 Å². The number of halogens is 1. The van der Waals surface area contributed by atoms with Gasteiger partial charge in [0, 0.05) is 10.6 Å². The molecule has 0 saturated carbocycles. The largest absolute Gasteiger partial charge is 0.306 e. The second kappa shape index (κ2) is 10.3. The number of nitrogens with zero attached hydrogens (tertiary/aromatic N) is 1. The molecule has 158 valence electrons. The summed E-state index contributed by atoms with van der Waals surface area (Å²) in [4.78, 5) is 0.403. The molecule has 1 aliphatic heterocycles. The maximum atomic E-state index is 13.3. The highest BCUT2D eigenvalue weighted by Crippen LogP contribution is 2.40. The monoisotopic (exact) mass is 526 g/mol. The van der Waals surface area contributed by atoms with Crippen LogP contribution in [0.1, 0.15) is 69.0 Å². The lowest BCUT2D eigenvalue weighted by Crippen LogP contribution is -2.26. The van der Waals surface area contributed by atoms with Crippen molar-refractivity contribution >= 4 is 38.3 Å². The Bertz CT molecular complexity index is 930. The molecule has 1 unspecified atom stereocenters. The highest BCUT2D eigenvalue weighted by molar-refractivity contribution is 14.1. The molecule has 1 N–H and O–H groups in total. The van der Waals surface area contributed by atoms with E-state index in [9.17, 15) is 8.42 Å². The van der Waals surface area contributed by atoms with Crippen molar-refractivity contribution in [1.82, 2.24) is 5.32 Å². The summed E-state index contributed by atoms with van der Waals surface area (Å²) in [7, 11) is -1.94. The number of rotatable bonds is 9. The van der Waals surface area contributed by atoms with E-state index >= 15 is 0 Å². The highest BCUT2D eigenvalue weighted by Gasteiger charge is 2.34. The van der Waals surface area contributed by atoms with Gasteiger partial charge in [0.1, 0.15) is 0 Å². The molecule has 0 aliphatic carbocycles. The fourth-order valence-corrected chi connectivity index (χ4v) is 6.16. The van der Waals surface area contributed by atoms with Crippen LogP contribution in [0.15, 0.2) is 47.4 Å².